The average Bonchev–Trinajstić information content (AvgIpc) is 3.18. The third-order valence-corrected chi connectivity index (χ3v) is 8.45. The molecule has 1 aromatic carbocycles. The second-order valence-electron chi connectivity index (χ2n) is 10.4. The van der Waals surface area contributed by atoms with Crippen molar-refractivity contribution >= 4 is 35.0 Å². The molecular formula is C24H37NO5S2. The van der Waals surface area contributed by atoms with Crippen LogP contribution in [0.5, 0.6) is 0 Å². The lowest BCUT2D eigenvalue weighted by atomic mass is 9.87. The van der Waals surface area contributed by atoms with E-state index < -0.39 is 26.5 Å². The Kier molecular flexibility index (Phi) is 8.27. The molecule has 0 radical (unpaired) electrons. The van der Waals surface area contributed by atoms with Crippen molar-refractivity contribution < 1.29 is 22.7 Å². The number of fused-ring (bicyclic) bond motifs is 1. The molecule has 3 rings (SSSR count). The summed E-state index contributed by atoms with van der Waals surface area (Å²) >= 11 is 0. The molecule has 2 aliphatic rings. The van der Waals surface area contributed by atoms with Gasteiger partial charge in [0.1, 0.15) is 17.4 Å². The van der Waals surface area contributed by atoms with Crippen LogP contribution in [0.1, 0.15) is 71.4 Å². The number of hydrogen-bond acceptors (Lipinski definition) is 5. The van der Waals surface area contributed by atoms with Crippen LogP contribution in [0, 0.1) is 5.92 Å². The highest BCUT2D eigenvalue weighted by molar-refractivity contribution is 7.92. The Hall–Kier alpha value is -1.38. The SMILES string of the molecule is CC(C)C[C@@H](C(=O)N[C@]12CCC[C@H]1OCC2=O)S(=O)(=O)Cc1ccc(C(C)(C)C)cc1.S. The van der Waals surface area contributed by atoms with E-state index in [1.807, 2.05) is 38.1 Å². The minimum atomic E-state index is -3.77. The molecule has 0 aromatic heterocycles. The molecule has 1 saturated heterocycles. The highest BCUT2D eigenvalue weighted by atomic mass is 32.2. The fourth-order valence-corrected chi connectivity index (χ4v) is 6.54. The van der Waals surface area contributed by atoms with E-state index in [4.69, 9.17) is 4.74 Å². The summed E-state index contributed by atoms with van der Waals surface area (Å²) in [6.45, 7) is 10.1. The first-order valence-electron chi connectivity index (χ1n) is 11.1. The fourth-order valence-electron chi connectivity index (χ4n) is 4.62. The number of carbonyl (C=O) groups is 2. The van der Waals surface area contributed by atoms with Crippen LogP contribution < -0.4 is 5.32 Å². The zero-order valence-electron chi connectivity index (χ0n) is 19.7. The number of sulfone groups is 1. The van der Waals surface area contributed by atoms with Crippen LogP contribution in [-0.2, 0) is 35.3 Å². The minimum Gasteiger partial charge on any atom is -0.367 e. The predicted molar refractivity (Wildman–Crippen MR) is 131 cm³/mol. The molecular weight excluding hydrogens is 446 g/mol. The monoisotopic (exact) mass is 483 g/mol. The summed E-state index contributed by atoms with van der Waals surface area (Å²) in [7, 11) is -3.77. The van der Waals surface area contributed by atoms with Gasteiger partial charge in [-0.2, -0.15) is 13.5 Å². The Labute approximate surface area is 199 Å². The van der Waals surface area contributed by atoms with Gasteiger partial charge in [0.2, 0.25) is 5.91 Å². The van der Waals surface area contributed by atoms with Gasteiger partial charge in [0.25, 0.3) is 0 Å². The molecule has 1 heterocycles. The smallest absolute Gasteiger partial charge is 0.239 e. The normalized spacial score (nSPS) is 24.2. The van der Waals surface area contributed by atoms with E-state index in [1.165, 1.54) is 0 Å². The largest absolute Gasteiger partial charge is 0.367 e. The second-order valence-corrected chi connectivity index (χ2v) is 12.6. The third-order valence-electron chi connectivity index (χ3n) is 6.45. The van der Waals surface area contributed by atoms with Gasteiger partial charge in [-0.25, -0.2) is 8.42 Å². The predicted octanol–water partition coefficient (Wildman–Crippen LogP) is 3.43. The second kappa shape index (κ2) is 9.85. The number of amides is 1. The molecule has 8 heteroatoms. The highest BCUT2D eigenvalue weighted by Crippen LogP contribution is 2.38. The quantitative estimate of drug-likeness (QED) is 0.642. The van der Waals surface area contributed by atoms with E-state index in [0.29, 0.717) is 18.4 Å². The van der Waals surface area contributed by atoms with Gasteiger partial charge in [0.15, 0.2) is 15.6 Å². The number of hydrogen-bond donors (Lipinski definition) is 1. The van der Waals surface area contributed by atoms with Gasteiger partial charge in [-0.05, 0) is 48.1 Å². The molecule has 2 fully saturated rings. The lowest BCUT2D eigenvalue weighted by Crippen LogP contribution is -2.59. The van der Waals surface area contributed by atoms with E-state index in [2.05, 4.69) is 26.1 Å². The summed E-state index contributed by atoms with van der Waals surface area (Å²) in [5.74, 6) is -0.919. The molecule has 1 amide bonds. The van der Waals surface area contributed by atoms with Gasteiger partial charge in [-0.1, -0.05) is 58.9 Å². The lowest BCUT2D eigenvalue weighted by molar-refractivity contribution is -0.129. The van der Waals surface area contributed by atoms with Gasteiger partial charge in [-0.3, -0.25) is 9.59 Å². The number of ketones is 1. The fraction of sp³-hybridized carbons (Fsp3) is 0.667. The van der Waals surface area contributed by atoms with Crippen LogP contribution in [0.2, 0.25) is 0 Å². The molecule has 1 N–H and O–H groups in total. The van der Waals surface area contributed by atoms with Crippen LogP contribution in [-0.4, -0.2) is 43.6 Å². The first kappa shape index (κ1) is 26.9. The lowest BCUT2D eigenvalue weighted by Gasteiger charge is -2.30. The molecule has 6 nitrogen and oxygen atoms in total. The van der Waals surface area contributed by atoms with Crippen LogP contribution in [0.3, 0.4) is 0 Å². The van der Waals surface area contributed by atoms with Crippen molar-refractivity contribution in [2.45, 2.75) is 88.4 Å². The summed E-state index contributed by atoms with van der Waals surface area (Å²) in [6.07, 6.45) is 1.84. The van der Waals surface area contributed by atoms with Crippen LogP contribution in [0.15, 0.2) is 24.3 Å². The summed E-state index contributed by atoms with van der Waals surface area (Å²) in [4.78, 5) is 25.8. The van der Waals surface area contributed by atoms with Crippen molar-refractivity contribution in [3.8, 4) is 0 Å². The molecule has 0 bridgehead atoms. The Morgan fingerprint density at radius 2 is 1.84 bits per heavy atom. The van der Waals surface area contributed by atoms with Gasteiger partial charge in [0, 0.05) is 0 Å². The van der Waals surface area contributed by atoms with E-state index in [9.17, 15) is 18.0 Å². The van der Waals surface area contributed by atoms with Crippen molar-refractivity contribution in [3.63, 3.8) is 0 Å². The third kappa shape index (κ3) is 5.57. The highest BCUT2D eigenvalue weighted by Gasteiger charge is 2.55. The molecule has 3 atom stereocenters. The zero-order chi connectivity index (χ0) is 23.0. The van der Waals surface area contributed by atoms with Crippen molar-refractivity contribution in [2.24, 2.45) is 5.92 Å². The average molecular weight is 484 g/mol. The Morgan fingerprint density at radius 3 is 2.41 bits per heavy atom. The van der Waals surface area contributed by atoms with Gasteiger partial charge in [0.05, 0.1) is 11.9 Å². The molecule has 32 heavy (non-hydrogen) atoms. The van der Waals surface area contributed by atoms with Crippen LogP contribution >= 0.6 is 13.5 Å². The minimum absolute atomic E-state index is 0. The standard InChI is InChI=1S/C24H35NO5S.H2S/c1-16(2)13-19(22(27)25-24-12-6-7-21(24)30-14-20(24)26)31(28,29)15-17-8-10-18(11-9-17)23(3,4)5;/h8-11,16,19,21H,6-7,12-15H2,1-5H3,(H,25,27);1H2/t19-,21+,24-;/m0./s1. The zero-order valence-corrected chi connectivity index (χ0v) is 21.6. The molecule has 1 aliphatic carbocycles. The first-order chi connectivity index (χ1) is 14.3. The van der Waals surface area contributed by atoms with Crippen molar-refractivity contribution in [2.75, 3.05) is 6.61 Å². The molecule has 1 aliphatic heterocycles. The summed E-state index contributed by atoms with van der Waals surface area (Å²) in [5, 5.41) is 1.64. The number of carbonyl (C=O) groups excluding carboxylic acids is 2. The number of Topliss-reactive ketones (excluding diaryl/α,β-unsaturated/α-hetero) is 1. The van der Waals surface area contributed by atoms with Crippen molar-refractivity contribution in [3.05, 3.63) is 35.4 Å². The maximum atomic E-state index is 13.3. The number of rotatable bonds is 7. The van der Waals surface area contributed by atoms with Crippen LogP contribution in [0.25, 0.3) is 0 Å². The van der Waals surface area contributed by atoms with E-state index in [0.717, 1.165) is 12.0 Å². The maximum Gasteiger partial charge on any atom is 0.239 e. The van der Waals surface area contributed by atoms with E-state index >= 15 is 0 Å². The molecule has 0 unspecified atom stereocenters. The van der Waals surface area contributed by atoms with Crippen LogP contribution in [0.4, 0.5) is 0 Å². The number of nitrogens with one attached hydrogen (secondary N) is 1. The summed E-state index contributed by atoms with van der Waals surface area (Å²) in [6, 6.07) is 7.53. The molecule has 1 aromatic rings. The van der Waals surface area contributed by atoms with Crippen molar-refractivity contribution in [1.29, 1.82) is 0 Å². The Bertz CT molecular complexity index is 934. The molecule has 1 saturated carbocycles. The Morgan fingerprint density at radius 1 is 1.22 bits per heavy atom. The Balaban J connectivity index is 0.00000363. The summed E-state index contributed by atoms with van der Waals surface area (Å²) < 4.78 is 32.2. The number of ether oxygens (including phenoxy) is 1. The van der Waals surface area contributed by atoms with Crippen molar-refractivity contribution in [1.82, 2.24) is 5.32 Å². The van der Waals surface area contributed by atoms with Gasteiger partial charge in [-0.15, -0.1) is 0 Å². The van der Waals surface area contributed by atoms with Gasteiger partial charge < -0.3 is 10.1 Å². The molecule has 0 spiro atoms. The van der Waals surface area contributed by atoms with Gasteiger partial charge >= 0.3 is 0 Å². The number of benzene rings is 1. The van der Waals surface area contributed by atoms with E-state index in [1.54, 1.807) is 0 Å². The first-order valence-corrected chi connectivity index (χ1v) is 12.8. The molecule has 180 valence electrons. The van der Waals surface area contributed by atoms with E-state index in [-0.39, 0.29) is 55.5 Å². The maximum absolute atomic E-state index is 13.3. The summed E-state index contributed by atoms with van der Waals surface area (Å²) in [5.41, 5.74) is 0.698. The topological polar surface area (TPSA) is 89.5 Å².